The van der Waals surface area contributed by atoms with E-state index in [9.17, 15) is 4.79 Å². The van der Waals surface area contributed by atoms with Gasteiger partial charge in [-0.25, -0.2) is 0 Å². The molecule has 0 saturated carbocycles. The first-order chi connectivity index (χ1) is 11.5. The van der Waals surface area contributed by atoms with E-state index in [4.69, 9.17) is 9.47 Å². The largest absolute Gasteiger partial charge is 0.496 e. The normalized spacial score (nSPS) is 11.7. The smallest absolute Gasteiger partial charge is 0.223 e. The number of methoxy groups -OCH3 is 1. The van der Waals surface area contributed by atoms with E-state index in [0.29, 0.717) is 13.0 Å². The van der Waals surface area contributed by atoms with Crippen LogP contribution in [-0.4, -0.2) is 19.6 Å². The van der Waals surface area contributed by atoms with Gasteiger partial charge in [0.05, 0.1) is 26.2 Å². The van der Waals surface area contributed by atoms with Crippen LogP contribution in [0.1, 0.15) is 36.1 Å². The van der Waals surface area contributed by atoms with Crippen LogP contribution in [0.5, 0.6) is 11.5 Å². The van der Waals surface area contributed by atoms with Crippen molar-refractivity contribution < 1.29 is 14.3 Å². The predicted octanol–water partition coefficient (Wildman–Crippen LogP) is 3.96. The molecule has 0 aliphatic carbocycles. The molecular formula is C20H25NO3. The average Bonchev–Trinajstić information content (AvgIpc) is 2.54. The lowest BCUT2D eigenvalue weighted by Gasteiger charge is -2.18. The van der Waals surface area contributed by atoms with Gasteiger partial charge in [0.15, 0.2) is 0 Å². The lowest BCUT2D eigenvalue weighted by molar-refractivity contribution is -0.122. The molecule has 0 saturated heterocycles. The highest BCUT2D eigenvalue weighted by Crippen LogP contribution is 2.26. The molecule has 4 heteroatoms. The van der Waals surface area contributed by atoms with Crippen molar-refractivity contribution in [1.82, 2.24) is 5.32 Å². The van der Waals surface area contributed by atoms with Crippen molar-refractivity contribution in [3.8, 4) is 11.5 Å². The molecule has 0 bridgehead atoms. The highest BCUT2D eigenvalue weighted by Gasteiger charge is 2.14. The van der Waals surface area contributed by atoms with Crippen molar-refractivity contribution in [3.63, 3.8) is 0 Å². The number of carbonyl (C=O) groups excluding carboxylic acids is 1. The summed E-state index contributed by atoms with van der Waals surface area (Å²) >= 11 is 0. The van der Waals surface area contributed by atoms with Crippen LogP contribution in [0.15, 0.2) is 42.5 Å². The average molecular weight is 327 g/mol. The fourth-order valence-electron chi connectivity index (χ4n) is 2.55. The molecule has 0 spiro atoms. The Morgan fingerprint density at radius 3 is 2.58 bits per heavy atom. The second-order valence-corrected chi connectivity index (χ2v) is 5.95. The second-order valence-electron chi connectivity index (χ2n) is 5.95. The third-order valence-electron chi connectivity index (χ3n) is 3.82. The van der Waals surface area contributed by atoms with Gasteiger partial charge < -0.3 is 14.8 Å². The van der Waals surface area contributed by atoms with E-state index < -0.39 is 0 Å². The van der Waals surface area contributed by atoms with Gasteiger partial charge >= 0.3 is 0 Å². The SMILES string of the molecule is COc1ccc(C)cc1[C@@H](C)NC(=O)CCOc1cccc(C)c1. The Morgan fingerprint density at radius 2 is 1.88 bits per heavy atom. The van der Waals surface area contributed by atoms with Crippen molar-refractivity contribution in [2.75, 3.05) is 13.7 Å². The van der Waals surface area contributed by atoms with E-state index in [0.717, 1.165) is 28.2 Å². The van der Waals surface area contributed by atoms with E-state index in [2.05, 4.69) is 5.32 Å². The van der Waals surface area contributed by atoms with E-state index in [-0.39, 0.29) is 11.9 Å². The van der Waals surface area contributed by atoms with Crippen molar-refractivity contribution in [2.45, 2.75) is 33.2 Å². The maximum atomic E-state index is 12.1. The summed E-state index contributed by atoms with van der Waals surface area (Å²) in [5.41, 5.74) is 3.25. The minimum atomic E-state index is -0.119. The summed E-state index contributed by atoms with van der Waals surface area (Å²) in [5, 5.41) is 3.00. The van der Waals surface area contributed by atoms with Gasteiger partial charge in [-0.1, -0.05) is 29.8 Å². The first-order valence-corrected chi connectivity index (χ1v) is 8.13. The van der Waals surface area contributed by atoms with Crippen molar-refractivity contribution in [1.29, 1.82) is 0 Å². The molecule has 0 aromatic heterocycles. The Morgan fingerprint density at radius 1 is 1.12 bits per heavy atom. The summed E-state index contributed by atoms with van der Waals surface area (Å²) in [5.74, 6) is 1.53. The summed E-state index contributed by atoms with van der Waals surface area (Å²) in [7, 11) is 1.64. The predicted molar refractivity (Wildman–Crippen MR) is 95.6 cm³/mol. The number of amides is 1. The molecule has 0 unspecified atom stereocenters. The minimum absolute atomic E-state index is 0.0429. The molecular weight excluding hydrogens is 302 g/mol. The molecule has 1 amide bonds. The molecule has 1 atom stereocenters. The van der Waals surface area contributed by atoms with Gasteiger partial charge in [-0.2, -0.15) is 0 Å². The number of rotatable bonds is 7. The van der Waals surface area contributed by atoms with Gasteiger partial charge in [0, 0.05) is 5.56 Å². The van der Waals surface area contributed by atoms with Crippen molar-refractivity contribution in [2.24, 2.45) is 0 Å². The molecule has 24 heavy (non-hydrogen) atoms. The number of aryl methyl sites for hydroxylation is 2. The van der Waals surface area contributed by atoms with Gasteiger partial charge in [-0.15, -0.1) is 0 Å². The molecule has 2 aromatic rings. The number of nitrogens with one attached hydrogen (secondary N) is 1. The van der Waals surface area contributed by atoms with E-state index in [1.807, 2.05) is 63.2 Å². The fraction of sp³-hybridized carbons (Fsp3) is 0.350. The Hall–Kier alpha value is -2.49. The topological polar surface area (TPSA) is 47.6 Å². The number of carbonyl (C=O) groups is 1. The maximum Gasteiger partial charge on any atom is 0.223 e. The quantitative estimate of drug-likeness (QED) is 0.837. The second kappa shape index (κ2) is 8.39. The van der Waals surface area contributed by atoms with Gasteiger partial charge in [0.25, 0.3) is 0 Å². The van der Waals surface area contributed by atoms with Crippen LogP contribution in [-0.2, 0) is 4.79 Å². The van der Waals surface area contributed by atoms with E-state index in [1.54, 1.807) is 7.11 Å². The first-order valence-electron chi connectivity index (χ1n) is 8.13. The molecule has 4 nitrogen and oxygen atoms in total. The number of ether oxygens (including phenoxy) is 2. The summed E-state index contributed by atoms with van der Waals surface area (Å²) in [6.07, 6.45) is 0.312. The highest BCUT2D eigenvalue weighted by atomic mass is 16.5. The van der Waals surface area contributed by atoms with Crippen LogP contribution in [0, 0.1) is 13.8 Å². The van der Waals surface area contributed by atoms with Crippen LogP contribution in [0.3, 0.4) is 0 Å². The summed E-state index contributed by atoms with van der Waals surface area (Å²) in [4.78, 5) is 12.1. The van der Waals surface area contributed by atoms with E-state index >= 15 is 0 Å². The molecule has 0 heterocycles. The summed E-state index contributed by atoms with van der Waals surface area (Å²) in [6.45, 7) is 6.34. The molecule has 0 aliphatic rings. The maximum absolute atomic E-state index is 12.1. The van der Waals surface area contributed by atoms with Gasteiger partial charge in [0.1, 0.15) is 11.5 Å². The molecule has 2 aromatic carbocycles. The Bertz CT molecular complexity index is 697. The molecule has 0 radical (unpaired) electrons. The number of hydrogen-bond acceptors (Lipinski definition) is 3. The zero-order valence-corrected chi connectivity index (χ0v) is 14.8. The van der Waals surface area contributed by atoms with Crippen LogP contribution < -0.4 is 14.8 Å². The van der Waals surface area contributed by atoms with Gasteiger partial charge in [0.2, 0.25) is 5.91 Å². The molecule has 128 valence electrons. The zero-order valence-electron chi connectivity index (χ0n) is 14.8. The Labute approximate surface area is 143 Å². The molecule has 1 N–H and O–H groups in total. The lowest BCUT2D eigenvalue weighted by Crippen LogP contribution is -2.28. The Kier molecular flexibility index (Phi) is 6.24. The monoisotopic (exact) mass is 327 g/mol. The summed E-state index contributed by atoms with van der Waals surface area (Å²) in [6, 6.07) is 13.6. The minimum Gasteiger partial charge on any atom is -0.496 e. The lowest BCUT2D eigenvalue weighted by atomic mass is 10.0. The van der Waals surface area contributed by atoms with Crippen LogP contribution in [0.4, 0.5) is 0 Å². The molecule has 2 rings (SSSR count). The number of hydrogen-bond donors (Lipinski definition) is 1. The van der Waals surface area contributed by atoms with Gasteiger partial charge in [-0.05, 0) is 44.5 Å². The number of benzene rings is 2. The molecule has 0 fully saturated rings. The molecule has 0 aliphatic heterocycles. The van der Waals surface area contributed by atoms with Gasteiger partial charge in [-0.3, -0.25) is 4.79 Å². The third kappa shape index (κ3) is 5.01. The van der Waals surface area contributed by atoms with Crippen LogP contribution in [0.2, 0.25) is 0 Å². The van der Waals surface area contributed by atoms with E-state index in [1.165, 1.54) is 0 Å². The highest BCUT2D eigenvalue weighted by molar-refractivity contribution is 5.76. The van der Waals surface area contributed by atoms with Crippen LogP contribution >= 0.6 is 0 Å². The standard InChI is InChI=1S/C20H25NO3/c1-14-6-5-7-17(12-14)24-11-10-20(22)21-16(3)18-13-15(2)8-9-19(18)23-4/h5-9,12-13,16H,10-11H2,1-4H3,(H,21,22)/t16-/m1/s1. The zero-order chi connectivity index (χ0) is 17.5. The first kappa shape index (κ1) is 17.9. The van der Waals surface area contributed by atoms with Crippen LogP contribution in [0.25, 0.3) is 0 Å². The van der Waals surface area contributed by atoms with Crippen molar-refractivity contribution in [3.05, 3.63) is 59.2 Å². The van der Waals surface area contributed by atoms with Crippen molar-refractivity contribution >= 4 is 5.91 Å². The third-order valence-corrected chi connectivity index (χ3v) is 3.82. The fourth-order valence-corrected chi connectivity index (χ4v) is 2.55. The summed E-state index contributed by atoms with van der Waals surface area (Å²) < 4.78 is 11.0. The Balaban J connectivity index is 1.87.